The topological polar surface area (TPSA) is 68.3 Å². The van der Waals surface area contributed by atoms with Crippen LogP contribution < -0.4 is 0 Å². The number of ketones is 4. The minimum atomic E-state index is -0.455. The quantitative estimate of drug-likeness (QED) is 0.646. The van der Waals surface area contributed by atoms with Gasteiger partial charge in [0, 0.05) is 0 Å². The molecule has 0 bridgehead atoms. The van der Waals surface area contributed by atoms with Crippen molar-refractivity contribution in [2.45, 2.75) is 66.2 Å². The fraction of sp³-hybridized carbons (Fsp3) is 0.778. The molecule has 0 N–H and O–H groups in total. The minimum absolute atomic E-state index is 0.0390. The van der Waals surface area contributed by atoms with Gasteiger partial charge in [0.05, 0.1) is 11.8 Å². The van der Waals surface area contributed by atoms with Gasteiger partial charge >= 0.3 is 0 Å². The summed E-state index contributed by atoms with van der Waals surface area (Å²) in [6.07, 6.45) is 5.21. The molecule has 1 saturated carbocycles. The summed E-state index contributed by atoms with van der Waals surface area (Å²) in [6.45, 7) is 5.95. The van der Waals surface area contributed by atoms with Crippen molar-refractivity contribution in [2.24, 2.45) is 23.7 Å². The number of Topliss-reactive ketones (excluding diaryl/α,β-unsaturated/α-hetero) is 4. The summed E-state index contributed by atoms with van der Waals surface area (Å²) >= 11 is 0. The Hall–Kier alpha value is -1.32. The number of carbonyl (C=O) groups is 4. The van der Waals surface area contributed by atoms with E-state index in [1.807, 2.05) is 0 Å². The Morgan fingerprint density at radius 2 is 0.864 bits per heavy atom. The number of rotatable bonds is 8. The summed E-state index contributed by atoms with van der Waals surface area (Å²) in [5.41, 5.74) is 0. The largest absolute Gasteiger partial charge is 0.299 e. The second-order valence-corrected chi connectivity index (χ2v) is 6.91. The van der Waals surface area contributed by atoms with Crippen LogP contribution >= 0.6 is 0 Å². The van der Waals surface area contributed by atoms with E-state index in [2.05, 4.69) is 0 Å². The van der Waals surface area contributed by atoms with Gasteiger partial charge in [-0.05, 0) is 52.4 Å². The molecule has 0 heterocycles. The van der Waals surface area contributed by atoms with Gasteiger partial charge < -0.3 is 0 Å². The lowest BCUT2D eigenvalue weighted by Gasteiger charge is -2.31. The summed E-state index contributed by atoms with van der Waals surface area (Å²) in [4.78, 5) is 46.1. The van der Waals surface area contributed by atoms with Crippen LogP contribution in [0.1, 0.15) is 66.2 Å². The van der Waals surface area contributed by atoms with E-state index in [9.17, 15) is 19.2 Å². The van der Waals surface area contributed by atoms with Gasteiger partial charge in [0.2, 0.25) is 0 Å². The molecule has 0 aromatic carbocycles. The van der Waals surface area contributed by atoms with E-state index in [0.717, 1.165) is 25.7 Å². The monoisotopic (exact) mass is 308 g/mol. The maximum Gasteiger partial charge on any atom is 0.140 e. The SMILES string of the molecule is CC(=O)C(CC1CCC(CC(C(C)=O)C(C)=O)CC1)C(C)=O. The van der Waals surface area contributed by atoms with Crippen LogP contribution in [0.2, 0.25) is 0 Å². The standard InChI is InChI=1S/C18H28O4/c1-11(19)17(12(2)20)9-15-5-7-16(8-6-15)10-18(13(3)21)14(4)22/h15-18H,5-10H2,1-4H3. The zero-order valence-corrected chi connectivity index (χ0v) is 14.2. The zero-order chi connectivity index (χ0) is 16.9. The average Bonchev–Trinajstić information content (AvgIpc) is 2.42. The molecule has 0 radical (unpaired) electrons. The maximum absolute atomic E-state index is 11.5. The first-order chi connectivity index (χ1) is 10.2. The predicted octanol–water partition coefficient (Wildman–Crippen LogP) is 3.16. The van der Waals surface area contributed by atoms with Gasteiger partial charge in [0.25, 0.3) is 0 Å². The lowest BCUT2D eigenvalue weighted by Crippen LogP contribution is -2.27. The van der Waals surface area contributed by atoms with E-state index >= 15 is 0 Å². The molecule has 1 rings (SSSR count). The van der Waals surface area contributed by atoms with Crippen LogP contribution in [0.4, 0.5) is 0 Å². The summed E-state index contributed by atoms with van der Waals surface area (Å²) in [7, 11) is 0. The third-order valence-corrected chi connectivity index (χ3v) is 5.07. The smallest absolute Gasteiger partial charge is 0.140 e. The Morgan fingerprint density at radius 1 is 0.636 bits per heavy atom. The van der Waals surface area contributed by atoms with Crippen molar-refractivity contribution in [3.8, 4) is 0 Å². The normalized spacial score (nSPS) is 21.9. The van der Waals surface area contributed by atoms with Crippen molar-refractivity contribution in [3.63, 3.8) is 0 Å². The van der Waals surface area contributed by atoms with Crippen LogP contribution in [-0.2, 0) is 19.2 Å². The van der Waals surface area contributed by atoms with Gasteiger partial charge in [-0.3, -0.25) is 19.2 Å². The van der Waals surface area contributed by atoms with Crippen LogP contribution in [0, 0.1) is 23.7 Å². The van der Waals surface area contributed by atoms with Gasteiger partial charge in [0.15, 0.2) is 0 Å². The molecule has 0 aromatic heterocycles. The number of hydrogen-bond acceptors (Lipinski definition) is 4. The predicted molar refractivity (Wildman–Crippen MR) is 84.4 cm³/mol. The van der Waals surface area contributed by atoms with E-state index in [0.29, 0.717) is 24.7 Å². The molecular weight excluding hydrogens is 280 g/mol. The van der Waals surface area contributed by atoms with Crippen molar-refractivity contribution >= 4 is 23.1 Å². The second-order valence-electron chi connectivity index (χ2n) is 6.91. The molecule has 0 amide bonds. The van der Waals surface area contributed by atoms with Crippen molar-refractivity contribution in [1.82, 2.24) is 0 Å². The fourth-order valence-corrected chi connectivity index (χ4v) is 3.61. The summed E-state index contributed by atoms with van der Waals surface area (Å²) in [5, 5.41) is 0. The summed E-state index contributed by atoms with van der Waals surface area (Å²) in [6, 6.07) is 0. The molecule has 0 unspecified atom stereocenters. The van der Waals surface area contributed by atoms with E-state index in [-0.39, 0.29) is 23.1 Å². The highest BCUT2D eigenvalue weighted by atomic mass is 16.2. The lowest BCUT2D eigenvalue weighted by atomic mass is 9.73. The molecule has 4 heteroatoms. The van der Waals surface area contributed by atoms with Crippen molar-refractivity contribution < 1.29 is 19.2 Å². The van der Waals surface area contributed by atoms with Crippen molar-refractivity contribution in [2.75, 3.05) is 0 Å². The molecule has 0 aromatic rings. The number of hydrogen-bond donors (Lipinski definition) is 0. The zero-order valence-electron chi connectivity index (χ0n) is 14.2. The highest BCUT2D eigenvalue weighted by Gasteiger charge is 2.30. The van der Waals surface area contributed by atoms with Gasteiger partial charge in [-0.25, -0.2) is 0 Å². The molecule has 0 saturated heterocycles. The molecule has 0 aliphatic heterocycles. The van der Waals surface area contributed by atoms with Gasteiger partial charge in [-0.15, -0.1) is 0 Å². The molecule has 22 heavy (non-hydrogen) atoms. The molecular formula is C18H28O4. The number of carbonyl (C=O) groups excluding carboxylic acids is 4. The molecule has 124 valence electrons. The van der Waals surface area contributed by atoms with Crippen LogP contribution in [0.25, 0.3) is 0 Å². The summed E-state index contributed by atoms with van der Waals surface area (Å²) in [5.74, 6) is -0.256. The molecule has 0 atom stereocenters. The molecule has 1 fully saturated rings. The van der Waals surface area contributed by atoms with Crippen LogP contribution in [0.3, 0.4) is 0 Å². The first kappa shape index (κ1) is 18.7. The van der Waals surface area contributed by atoms with E-state index in [1.165, 1.54) is 27.7 Å². The minimum Gasteiger partial charge on any atom is -0.299 e. The first-order valence-corrected chi connectivity index (χ1v) is 8.24. The van der Waals surface area contributed by atoms with Crippen LogP contribution in [0.5, 0.6) is 0 Å². The van der Waals surface area contributed by atoms with Crippen LogP contribution in [-0.4, -0.2) is 23.1 Å². The average molecular weight is 308 g/mol. The second kappa shape index (κ2) is 8.35. The Bertz CT molecular complexity index is 374. The fourth-order valence-electron chi connectivity index (χ4n) is 3.61. The Labute approximate surface area is 133 Å². The molecule has 1 aliphatic rings. The lowest BCUT2D eigenvalue weighted by molar-refractivity contribution is -0.133. The molecule has 0 spiro atoms. The Balaban J connectivity index is 2.49. The molecule has 1 aliphatic carbocycles. The van der Waals surface area contributed by atoms with Gasteiger partial charge in [0.1, 0.15) is 23.1 Å². The highest BCUT2D eigenvalue weighted by Crippen LogP contribution is 2.36. The van der Waals surface area contributed by atoms with Crippen LogP contribution in [0.15, 0.2) is 0 Å². The third kappa shape index (κ3) is 5.47. The van der Waals surface area contributed by atoms with Crippen molar-refractivity contribution in [1.29, 1.82) is 0 Å². The Kier molecular flexibility index (Phi) is 7.11. The van der Waals surface area contributed by atoms with Crippen molar-refractivity contribution in [3.05, 3.63) is 0 Å². The maximum atomic E-state index is 11.5. The highest BCUT2D eigenvalue weighted by molar-refractivity contribution is 6.00. The van der Waals surface area contributed by atoms with E-state index < -0.39 is 11.8 Å². The Morgan fingerprint density at radius 3 is 1.05 bits per heavy atom. The van der Waals surface area contributed by atoms with E-state index in [1.54, 1.807) is 0 Å². The van der Waals surface area contributed by atoms with E-state index in [4.69, 9.17) is 0 Å². The van der Waals surface area contributed by atoms with Gasteiger partial charge in [-0.1, -0.05) is 25.7 Å². The first-order valence-electron chi connectivity index (χ1n) is 8.24. The van der Waals surface area contributed by atoms with Gasteiger partial charge in [-0.2, -0.15) is 0 Å². The molecule has 4 nitrogen and oxygen atoms in total. The summed E-state index contributed by atoms with van der Waals surface area (Å²) < 4.78 is 0. The third-order valence-electron chi connectivity index (χ3n) is 5.07.